The number of aliphatic hydroxyl groups excluding tert-OH is 1. The van der Waals surface area contributed by atoms with Crippen molar-refractivity contribution in [3.05, 3.63) is 11.9 Å². The lowest BCUT2D eigenvalue weighted by atomic mass is 10.3. The molecule has 0 bridgehead atoms. The monoisotopic (exact) mass is 283 g/mol. The molecule has 20 heavy (non-hydrogen) atoms. The highest BCUT2D eigenvalue weighted by molar-refractivity contribution is 5.84. The number of hydrogen-bond acceptors (Lipinski definition) is 5. The van der Waals surface area contributed by atoms with E-state index in [9.17, 15) is 14.7 Å². The van der Waals surface area contributed by atoms with Crippen LogP contribution in [0.4, 0.5) is 0 Å². The number of aromatic nitrogens is 3. The highest BCUT2D eigenvalue weighted by Gasteiger charge is 2.14. The van der Waals surface area contributed by atoms with Gasteiger partial charge in [-0.05, 0) is 13.3 Å². The average Bonchev–Trinajstić information content (AvgIpc) is 2.84. The summed E-state index contributed by atoms with van der Waals surface area (Å²) >= 11 is 0. The molecule has 0 aliphatic rings. The van der Waals surface area contributed by atoms with Crippen molar-refractivity contribution in [1.82, 2.24) is 25.2 Å². The van der Waals surface area contributed by atoms with Gasteiger partial charge in [-0.2, -0.15) is 0 Å². The summed E-state index contributed by atoms with van der Waals surface area (Å²) in [5, 5.41) is 19.5. The van der Waals surface area contributed by atoms with E-state index in [0.29, 0.717) is 12.2 Å². The average molecular weight is 283 g/mol. The van der Waals surface area contributed by atoms with Gasteiger partial charge in [-0.3, -0.25) is 9.59 Å². The molecular weight excluding hydrogens is 262 g/mol. The van der Waals surface area contributed by atoms with E-state index in [1.54, 1.807) is 14.0 Å². The smallest absolute Gasteiger partial charge is 0.244 e. The van der Waals surface area contributed by atoms with Gasteiger partial charge in [0.15, 0.2) is 0 Å². The third kappa shape index (κ3) is 4.96. The van der Waals surface area contributed by atoms with E-state index >= 15 is 0 Å². The van der Waals surface area contributed by atoms with Gasteiger partial charge >= 0.3 is 0 Å². The van der Waals surface area contributed by atoms with Gasteiger partial charge in [0.25, 0.3) is 0 Å². The zero-order chi connectivity index (χ0) is 15.1. The molecule has 1 rings (SSSR count). The molecule has 0 radical (unpaired) electrons. The summed E-state index contributed by atoms with van der Waals surface area (Å²) in [6.45, 7) is 4.12. The van der Waals surface area contributed by atoms with E-state index in [1.165, 1.54) is 15.8 Å². The van der Waals surface area contributed by atoms with Gasteiger partial charge in [-0.25, -0.2) is 4.68 Å². The predicted molar refractivity (Wildman–Crippen MR) is 71.6 cm³/mol. The summed E-state index contributed by atoms with van der Waals surface area (Å²) in [6.07, 6.45) is 1.63. The number of amides is 2. The molecular formula is C12H21N5O3. The highest BCUT2D eigenvalue weighted by atomic mass is 16.3. The molecule has 0 spiro atoms. The molecule has 0 aliphatic carbocycles. The third-order valence-corrected chi connectivity index (χ3v) is 2.66. The summed E-state index contributed by atoms with van der Waals surface area (Å²) in [5.74, 6) is -0.440. The van der Waals surface area contributed by atoms with Crippen LogP contribution in [0.15, 0.2) is 6.20 Å². The maximum Gasteiger partial charge on any atom is 0.244 e. The number of rotatable bonds is 7. The van der Waals surface area contributed by atoms with Crippen LogP contribution in [-0.4, -0.2) is 57.0 Å². The summed E-state index contributed by atoms with van der Waals surface area (Å²) in [5.41, 5.74) is 0.404. The summed E-state index contributed by atoms with van der Waals surface area (Å²) in [4.78, 5) is 24.7. The second-order valence-electron chi connectivity index (χ2n) is 4.62. The fourth-order valence-corrected chi connectivity index (χ4v) is 1.47. The van der Waals surface area contributed by atoms with E-state index in [4.69, 9.17) is 0 Å². The van der Waals surface area contributed by atoms with Gasteiger partial charge in [0, 0.05) is 13.6 Å². The molecule has 1 aromatic rings. The molecule has 112 valence electrons. The lowest BCUT2D eigenvalue weighted by Gasteiger charge is -2.16. The van der Waals surface area contributed by atoms with Crippen LogP contribution in [0.2, 0.25) is 0 Å². The lowest BCUT2D eigenvalue weighted by Crippen LogP contribution is -2.40. The van der Waals surface area contributed by atoms with E-state index in [-0.39, 0.29) is 24.9 Å². The van der Waals surface area contributed by atoms with Gasteiger partial charge in [0.05, 0.1) is 18.8 Å². The van der Waals surface area contributed by atoms with Crippen LogP contribution in [0.25, 0.3) is 0 Å². The first-order valence-electron chi connectivity index (χ1n) is 6.52. The first-order valence-corrected chi connectivity index (χ1v) is 6.52. The zero-order valence-electron chi connectivity index (χ0n) is 12.0. The second kappa shape index (κ2) is 7.59. The van der Waals surface area contributed by atoms with Crippen LogP contribution in [0.5, 0.6) is 0 Å². The predicted octanol–water partition coefficient (Wildman–Crippen LogP) is -0.684. The number of nitrogens with zero attached hydrogens (tertiary/aromatic N) is 4. The molecule has 0 aromatic carbocycles. The number of hydrogen-bond donors (Lipinski definition) is 2. The second-order valence-corrected chi connectivity index (χ2v) is 4.62. The van der Waals surface area contributed by atoms with Crippen molar-refractivity contribution in [3.8, 4) is 0 Å². The summed E-state index contributed by atoms with van der Waals surface area (Å²) in [6, 6.07) is 0. The molecule has 0 aliphatic heterocycles. The number of likely N-dealkylation sites (N-methyl/N-ethyl adjacent to an activating group) is 1. The quantitative estimate of drug-likeness (QED) is 0.690. The Morgan fingerprint density at radius 1 is 1.55 bits per heavy atom. The number of carbonyl (C=O) groups excluding carboxylic acids is 2. The third-order valence-electron chi connectivity index (χ3n) is 2.66. The number of nitrogens with one attached hydrogen (secondary N) is 1. The Balaban J connectivity index is 2.46. The van der Waals surface area contributed by atoms with E-state index in [2.05, 4.69) is 15.6 Å². The molecule has 0 saturated heterocycles. The molecule has 0 saturated carbocycles. The fourth-order valence-electron chi connectivity index (χ4n) is 1.47. The molecule has 1 unspecified atom stereocenters. The van der Waals surface area contributed by atoms with E-state index < -0.39 is 6.10 Å². The first-order chi connectivity index (χ1) is 9.43. The Hall–Kier alpha value is -1.96. The van der Waals surface area contributed by atoms with Crippen molar-refractivity contribution in [2.24, 2.45) is 0 Å². The van der Waals surface area contributed by atoms with Crippen LogP contribution in [0.3, 0.4) is 0 Å². The van der Waals surface area contributed by atoms with Crippen molar-refractivity contribution in [3.63, 3.8) is 0 Å². The molecule has 0 fully saturated rings. The van der Waals surface area contributed by atoms with Crippen molar-refractivity contribution < 1.29 is 14.7 Å². The van der Waals surface area contributed by atoms with Gasteiger partial charge in [-0.1, -0.05) is 12.1 Å². The van der Waals surface area contributed by atoms with Gasteiger partial charge in [0.1, 0.15) is 12.2 Å². The van der Waals surface area contributed by atoms with E-state index in [0.717, 1.165) is 6.42 Å². The molecule has 1 atom stereocenters. The lowest BCUT2D eigenvalue weighted by molar-refractivity contribution is -0.135. The normalized spacial score (nSPS) is 12.0. The minimum Gasteiger partial charge on any atom is -0.387 e. The summed E-state index contributed by atoms with van der Waals surface area (Å²) < 4.78 is 1.34. The maximum atomic E-state index is 11.9. The summed E-state index contributed by atoms with van der Waals surface area (Å²) in [7, 11) is 1.56. The van der Waals surface area contributed by atoms with Crippen LogP contribution in [0.1, 0.15) is 32.1 Å². The molecule has 2 amide bonds. The molecule has 2 N–H and O–H groups in total. The largest absolute Gasteiger partial charge is 0.387 e. The van der Waals surface area contributed by atoms with E-state index in [1.807, 2.05) is 6.92 Å². The number of aliphatic hydroxyl groups is 1. The van der Waals surface area contributed by atoms with Crippen molar-refractivity contribution in [2.45, 2.75) is 32.9 Å². The molecule has 1 heterocycles. The Kier molecular flexibility index (Phi) is 6.10. The fraction of sp³-hybridized carbons (Fsp3) is 0.667. The Morgan fingerprint density at radius 3 is 2.80 bits per heavy atom. The van der Waals surface area contributed by atoms with Gasteiger partial charge in [-0.15, -0.1) is 5.10 Å². The van der Waals surface area contributed by atoms with Crippen molar-refractivity contribution in [2.75, 3.05) is 20.1 Å². The standard InChI is InChI=1S/C12H21N5O3/c1-4-5-13-11(19)7-16(3)12(20)8-17-6-10(9(2)18)14-15-17/h6,9,18H,4-5,7-8H2,1-3H3,(H,13,19). The van der Waals surface area contributed by atoms with Crippen LogP contribution >= 0.6 is 0 Å². The van der Waals surface area contributed by atoms with Crippen LogP contribution in [-0.2, 0) is 16.1 Å². The molecule has 8 heteroatoms. The molecule has 1 aromatic heterocycles. The van der Waals surface area contributed by atoms with Crippen LogP contribution in [0, 0.1) is 0 Å². The topological polar surface area (TPSA) is 100 Å². The number of carbonyl (C=O) groups is 2. The Morgan fingerprint density at radius 2 is 2.25 bits per heavy atom. The SMILES string of the molecule is CCCNC(=O)CN(C)C(=O)Cn1cc(C(C)O)nn1. The minimum absolute atomic E-state index is 0.0107. The Labute approximate surface area is 117 Å². The molecule has 8 nitrogen and oxygen atoms in total. The Bertz CT molecular complexity index is 458. The van der Waals surface area contributed by atoms with Crippen molar-refractivity contribution in [1.29, 1.82) is 0 Å². The zero-order valence-corrected chi connectivity index (χ0v) is 12.0. The highest BCUT2D eigenvalue weighted by Crippen LogP contribution is 2.06. The van der Waals surface area contributed by atoms with Gasteiger partial charge in [0.2, 0.25) is 11.8 Å². The first kappa shape index (κ1) is 16.1. The van der Waals surface area contributed by atoms with Crippen molar-refractivity contribution >= 4 is 11.8 Å². The van der Waals surface area contributed by atoms with Gasteiger partial charge < -0.3 is 15.3 Å². The minimum atomic E-state index is -0.726. The maximum absolute atomic E-state index is 11.9. The van der Waals surface area contributed by atoms with Crippen LogP contribution < -0.4 is 5.32 Å².